The molecule has 2 aromatic rings. The van der Waals surface area contributed by atoms with E-state index in [9.17, 15) is 0 Å². The second-order valence-electron chi connectivity index (χ2n) is 4.33. The molecule has 2 heterocycles. The molecular formula is C13H14N2O. The van der Waals surface area contributed by atoms with Crippen LogP contribution in [0.4, 0.5) is 0 Å². The van der Waals surface area contributed by atoms with Gasteiger partial charge in [0.2, 0.25) is 0 Å². The molecule has 0 fully saturated rings. The van der Waals surface area contributed by atoms with Gasteiger partial charge in [0.05, 0.1) is 5.39 Å². The number of pyridine rings is 1. The Hall–Kier alpha value is -1.82. The van der Waals surface area contributed by atoms with E-state index in [-0.39, 0.29) is 0 Å². The highest BCUT2D eigenvalue weighted by Gasteiger charge is 2.08. The standard InChI is InChI=1S/C13H14N2O/c1-9(2)3-4-10-7-11-12(8-14)15-6-5-13(11)16-10/h5-7,9H,3-4H2,1-2H3. The van der Waals surface area contributed by atoms with Crippen molar-refractivity contribution in [2.24, 2.45) is 5.92 Å². The molecular weight excluding hydrogens is 200 g/mol. The third kappa shape index (κ3) is 2.06. The molecule has 3 heteroatoms. The van der Waals surface area contributed by atoms with Crippen LogP contribution in [0, 0.1) is 17.2 Å². The van der Waals surface area contributed by atoms with Crippen LogP contribution < -0.4 is 0 Å². The molecule has 2 rings (SSSR count). The van der Waals surface area contributed by atoms with E-state index in [2.05, 4.69) is 24.9 Å². The first-order valence-electron chi connectivity index (χ1n) is 5.48. The zero-order chi connectivity index (χ0) is 11.5. The first kappa shape index (κ1) is 10.7. The highest BCUT2D eigenvalue weighted by Crippen LogP contribution is 2.22. The maximum absolute atomic E-state index is 8.91. The van der Waals surface area contributed by atoms with E-state index >= 15 is 0 Å². The van der Waals surface area contributed by atoms with E-state index in [1.54, 1.807) is 12.3 Å². The third-order valence-corrected chi connectivity index (χ3v) is 2.57. The van der Waals surface area contributed by atoms with Crippen LogP contribution in [-0.4, -0.2) is 4.98 Å². The summed E-state index contributed by atoms with van der Waals surface area (Å²) in [7, 11) is 0. The van der Waals surface area contributed by atoms with Crippen LogP contribution in [0.25, 0.3) is 11.0 Å². The molecule has 0 radical (unpaired) electrons. The Kier molecular flexibility index (Phi) is 2.91. The topological polar surface area (TPSA) is 49.8 Å². The van der Waals surface area contributed by atoms with Gasteiger partial charge < -0.3 is 4.42 Å². The average Bonchev–Trinajstić information content (AvgIpc) is 2.68. The first-order chi connectivity index (χ1) is 7.70. The van der Waals surface area contributed by atoms with Gasteiger partial charge >= 0.3 is 0 Å². The lowest BCUT2D eigenvalue weighted by molar-refractivity contribution is 0.499. The van der Waals surface area contributed by atoms with Crippen LogP contribution in [0.5, 0.6) is 0 Å². The molecule has 0 amide bonds. The predicted molar refractivity (Wildman–Crippen MR) is 61.9 cm³/mol. The van der Waals surface area contributed by atoms with Crippen molar-refractivity contribution < 1.29 is 4.42 Å². The summed E-state index contributed by atoms with van der Waals surface area (Å²) in [5.74, 6) is 1.59. The van der Waals surface area contributed by atoms with Crippen LogP contribution in [0.2, 0.25) is 0 Å². The molecule has 0 N–H and O–H groups in total. The fourth-order valence-electron chi connectivity index (χ4n) is 1.66. The number of fused-ring (bicyclic) bond motifs is 1. The van der Waals surface area contributed by atoms with Gasteiger partial charge in [-0.3, -0.25) is 0 Å². The highest BCUT2D eigenvalue weighted by molar-refractivity contribution is 5.82. The minimum absolute atomic E-state index is 0.442. The van der Waals surface area contributed by atoms with Crippen molar-refractivity contribution in [2.45, 2.75) is 26.7 Å². The second-order valence-corrected chi connectivity index (χ2v) is 4.33. The Morgan fingerprint density at radius 3 is 3.00 bits per heavy atom. The monoisotopic (exact) mass is 214 g/mol. The van der Waals surface area contributed by atoms with Gasteiger partial charge in [-0.15, -0.1) is 0 Å². The molecule has 0 aliphatic heterocycles. The Bertz CT molecular complexity index is 534. The zero-order valence-electron chi connectivity index (χ0n) is 9.53. The Balaban J connectivity index is 2.33. The Morgan fingerprint density at radius 2 is 2.31 bits per heavy atom. The van der Waals surface area contributed by atoms with Crippen LogP contribution in [0.15, 0.2) is 22.7 Å². The minimum atomic E-state index is 0.442. The van der Waals surface area contributed by atoms with Gasteiger partial charge in [0.15, 0.2) is 5.69 Å². The summed E-state index contributed by atoms with van der Waals surface area (Å²) in [4.78, 5) is 4.01. The summed E-state index contributed by atoms with van der Waals surface area (Å²) in [6.07, 6.45) is 3.61. The predicted octanol–water partition coefficient (Wildman–Crippen LogP) is 3.29. The van der Waals surface area contributed by atoms with Crippen molar-refractivity contribution in [3.8, 4) is 6.07 Å². The molecule has 16 heavy (non-hydrogen) atoms. The third-order valence-electron chi connectivity index (χ3n) is 2.57. The van der Waals surface area contributed by atoms with Crippen molar-refractivity contribution in [3.63, 3.8) is 0 Å². The quantitative estimate of drug-likeness (QED) is 0.787. The number of hydrogen-bond acceptors (Lipinski definition) is 3. The van der Waals surface area contributed by atoms with E-state index in [4.69, 9.17) is 9.68 Å². The lowest BCUT2D eigenvalue weighted by Crippen LogP contribution is -1.89. The van der Waals surface area contributed by atoms with Gasteiger partial charge in [0, 0.05) is 12.6 Å². The van der Waals surface area contributed by atoms with Gasteiger partial charge in [-0.05, 0) is 24.5 Å². The van der Waals surface area contributed by atoms with Crippen LogP contribution in [-0.2, 0) is 6.42 Å². The molecule has 0 spiro atoms. The molecule has 2 aromatic heterocycles. The zero-order valence-corrected chi connectivity index (χ0v) is 9.53. The number of nitrogens with zero attached hydrogens (tertiary/aromatic N) is 2. The lowest BCUT2D eigenvalue weighted by atomic mass is 10.1. The number of nitriles is 1. The molecule has 0 aliphatic rings. The van der Waals surface area contributed by atoms with Crippen LogP contribution >= 0.6 is 0 Å². The summed E-state index contributed by atoms with van der Waals surface area (Å²) in [6.45, 7) is 4.37. The minimum Gasteiger partial charge on any atom is -0.461 e. The summed E-state index contributed by atoms with van der Waals surface area (Å²) in [6, 6.07) is 5.81. The van der Waals surface area contributed by atoms with E-state index in [0.717, 1.165) is 29.6 Å². The van der Waals surface area contributed by atoms with Crippen molar-refractivity contribution in [2.75, 3.05) is 0 Å². The second kappa shape index (κ2) is 4.36. The highest BCUT2D eigenvalue weighted by atomic mass is 16.3. The van der Waals surface area contributed by atoms with Crippen molar-refractivity contribution in [1.82, 2.24) is 4.98 Å². The number of rotatable bonds is 3. The molecule has 82 valence electrons. The number of aromatic nitrogens is 1. The first-order valence-corrected chi connectivity index (χ1v) is 5.48. The van der Waals surface area contributed by atoms with Gasteiger partial charge in [0.25, 0.3) is 0 Å². The average molecular weight is 214 g/mol. The number of aryl methyl sites for hydroxylation is 1. The molecule has 0 bridgehead atoms. The fourth-order valence-corrected chi connectivity index (χ4v) is 1.66. The largest absolute Gasteiger partial charge is 0.461 e. The Labute approximate surface area is 94.7 Å². The number of furan rings is 1. The molecule has 0 saturated heterocycles. The van der Waals surface area contributed by atoms with E-state index in [0.29, 0.717) is 11.6 Å². The van der Waals surface area contributed by atoms with E-state index < -0.39 is 0 Å². The molecule has 0 unspecified atom stereocenters. The van der Waals surface area contributed by atoms with E-state index in [1.165, 1.54) is 0 Å². The summed E-state index contributed by atoms with van der Waals surface area (Å²) >= 11 is 0. The SMILES string of the molecule is CC(C)CCc1cc2c(C#N)nccc2o1. The summed E-state index contributed by atoms with van der Waals surface area (Å²) in [5.41, 5.74) is 1.20. The van der Waals surface area contributed by atoms with Gasteiger partial charge in [0.1, 0.15) is 17.4 Å². The van der Waals surface area contributed by atoms with Gasteiger partial charge in [-0.2, -0.15) is 5.26 Å². The molecule has 0 saturated carbocycles. The molecule has 0 atom stereocenters. The van der Waals surface area contributed by atoms with Gasteiger partial charge in [-0.1, -0.05) is 13.8 Å². The molecule has 3 nitrogen and oxygen atoms in total. The molecule has 0 aliphatic carbocycles. The Morgan fingerprint density at radius 1 is 1.50 bits per heavy atom. The van der Waals surface area contributed by atoms with Crippen LogP contribution in [0.3, 0.4) is 0 Å². The fraction of sp³-hybridized carbons (Fsp3) is 0.385. The van der Waals surface area contributed by atoms with Crippen molar-refractivity contribution >= 4 is 11.0 Å². The van der Waals surface area contributed by atoms with Crippen LogP contribution in [0.1, 0.15) is 31.7 Å². The maximum Gasteiger partial charge on any atom is 0.151 e. The summed E-state index contributed by atoms with van der Waals surface area (Å²) < 4.78 is 5.67. The number of hydrogen-bond donors (Lipinski definition) is 0. The molecule has 0 aromatic carbocycles. The van der Waals surface area contributed by atoms with Crippen molar-refractivity contribution in [1.29, 1.82) is 5.26 Å². The van der Waals surface area contributed by atoms with Crippen molar-refractivity contribution in [3.05, 3.63) is 29.8 Å². The normalized spacial score (nSPS) is 10.9. The summed E-state index contributed by atoms with van der Waals surface area (Å²) in [5, 5.41) is 9.73. The van der Waals surface area contributed by atoms with E-state index in [1.807, 2.05) is 6.07 Å². The van der Waals surface area contributed by atoms with Gasteiger partial charge in [-0.25, -0.2) is 4.98 Å². The lowest BCUT2D eigenvalue weighted by Gasteiger charge is -2.00. The smallest absolute Gasteiger partial charge is 0.151 e. The maximum atomic E-state index is 8.91.